The topological polar surface area (TPSA) is 120 Å². The minimum absolute atomic E-state index is 0.102. The van der Waals surface area contributed by atoms with E-state index in [2.05, 4.69) is 110 Å². The molecule has 0 aromatic rings. The van der Waals surface area contributed by atoms with Crippen LogP contribution in [0.2, 0.25) is 55.4 Å². The van der Waals surface area contributed by atoms with Crippen molar-refractivity contribution in [2.45, 2.75) is 152 Å². The second-order valence-corrected chi connectivity index (χ2v) is 44.6. The van der Waals surface area contributed by atoms with Crippen LogP contribution in [0.3, 0.4) is 0 Å². The molecule has 6 aliphatic rings. The van der Waals surface area contributed by atoms with Crippen LogP contribution in [-0.2, 0) is 53.5 Å². The van der Waals surface area contributed by atoms with E-state index in [1.807, 2.05) is 0 Å². The second kappa shape index (κ2) is 15.9. The third-order valence-corrected chi connectivity index (χ3v) is 49.6. The van der Waals surface area contributed by atoms with E-state index in [9.17, 15) is 0 Å². The lowest BCUT2D eigenvalue weighted by Crippen LogP contribution is -2.89. The average Bonchev–Trinajstić information content (AvgIpc) is 2.79. The SMILES string of the molecule is CC(C)C[Si]12O[Si]3(CC(C)C)O[Si]4(CC(C)C)O[Si](CC(C)C)(O1)O[Si]1(CC(C)C)O[Si](CC(C)C)(O2)O[Si](CC(C)C)(O3)O[Si](O[Si](C)C)(O4)O1. The summed E-state index contributed by atoms with van der Waals surface area (Å²) < 4.78 is 98.8. The molecule has 6 fully saturated rings. The zero-order chi connectivity index (χ0) is 38.8. The third-order valence-electron chi connectivity index (χ3n) is 8.58. The van der Waals surface area contributed by atoms with Gasteiger partial charge in [0.25, 0.3) is 0 Å². The predicted octanol–water partition coefficient (Wildman–Crippen LogP) is 8.12. The van der Waals surface area contributed by atoms with Gasteiger partial charge in [-0.2, -0.15) is 0 Å². The van der Waals surface area contributed by atoms with E-state index in [-0.39, 0.29) is 41.4 Å². The van der Waals surface area contributed by atoms with E-state index in [0.717, 1.165) is 0 Å². The van der Waals surface area contributed by atoms with Crippen LogP contribution < -0.4 is 0 Å². The smallest absolute Gasteiger partial charge is 0.395 e. The van der Waals surface area contributed by atoms with Gasteiger partial charge >= 0.3 is 70.7 Å². The maximum Gasteiger partial charge on any atom is 0.646 e. The minimum atomic E-state index is -4.31. The van der Waals surface area contributed by atoms with Crippen LogP contribution in [0.1, 0.15) is 96.9 Å². The number of hydrogen-bond donors (Lipinski definition) is 0. The van der Waals surface area contributed by atoms with Crippen LogP contribution in [0.4, 0.5) is 0 Å². The quantitative estimate of drug-likeness (QED) is 0.139. The first-order valence-corrected chi connectivity index (χ1v) is 37.3. The van der Waals surface area contributed by atoms with Crippen molar-refractivity contribution in [1.29, 1.82) is 0 Å². The summed E-state index contributed by atoms with van der Waals surface area (Å²) in [5.74, 6) is 0.806. The van der Waals surface area contributed by atoms with Gasteiger partial charge in [0.05, 0.1) is 0 Å². The fourth-order valence-corrected chi connectivity index (χ4v) is 60.1. The van der Waals surface area contributed by atoms with Crippen LogP contribution in [-0.4, -0.2) is 79.7 Å². The summed E-state index contributed by atoms with van der Waals surface area (Å²) in [5, 5.41) is 0. The van der Waals surface area contributed by atoms with Gasteiger partial charge in [-0.15, -0.1) is 0 Å². The molecule has 6 aliphatic heterocycles. The van der Waals surface area contributed by atoms with Gasteiger partial charge in [0.1, 0.15) is 0 Å². The highest BCUT2D eigenvalue weighted by Crippen LogP contribution is 2.55. The first kappa shape index (κ1) is 44.5. The summed E-state index contributed by atoms with van der Waals surface area (Å²) >= 11 is 0. The van der Waals surface area contributed by atoms with E-state index in [0.29, 0.717) is 42.3 Å². The van der Waals surface area contributed by atoms with Crippen molar-refractivity contribution < 1.29 is 53.5 Å². The Morgan fingerprint density at radius 1 is 0.308 bits per heavy atom. The summed E-state index contributed by atoms with van der Waals surface area (Å²) in [6.45, 7) is 34.2. The van der Waals surface area contributed by atoms with Gasteiger partial charge in [-0.25, -0.2) is 0 Å². The highest BCUT2D eigenvalue weighted by molar-refractivity contribution is 7.03. The van der Waals surface area contributed by atoms with E-state index in [4.69, 9.17) is 53.5 Å². The molecule has 6 rings (SSSR count). The first-order valence-electron chi connectivity index (χ1n) is 19.7. The Balaban J connectivity index is 1.97. The zero-order valence-electron chi connectivity index (χ0n) is 34.8. The lowest BCUT2D eigenvalue weighted by atomic mass is 10.3. The molecular formula is C30H69O13Si9. The molecule has 0 aromatic carbocycles. The Labute approximate surface area is 325 Å². The molecule has 52 heavy (non-hydrogen) atoms. The normalized spacial score (nSPS) is 42.0. The Kier molecular flexibility index (Phi) is 13.6. The molecule has 0 amide bonds. The number of rotatable bonds is 16. The maximum absolute atomic E-state index is 7.71. The monoisotopic (exact) mass is 889 g/mol. The molecule has 0 atom stereocenters. The fraction of sp³-hybridized carbons (Fsp3) is 1.00. The van der Waals surface area contributed by atoms with Crippen molar-refractivity contribution in [3.8, 4) is 0 Å². The molecule has 0 unspecified atom stereocenters. The van der Waals surface area contributed by atoms with Crippen molar-refractivity contribution in [2.75, 3.05) is 0 Å². The Bertz CT molecular complexity index is 898. The highest BCUT2D eigenvalue weighted by Gasteiger charge is 2.84. The molecule has 0 saturated carbocycles. The van der Waals surface area contributed by atoms with E-state index < -0.39 is 79.7 Å². The maximum atomic E-state index is 7.71. The van der Waals surface area contributed by atoms with Crippen LogP contribution in [0, 0.1) is 41.4 Å². The Hall–Kier alpha value is 1.43. The second-order valence-electron chi connectivity index (χ2n) is 18.7. The lowest BCUT2D eigenvalue weighted by molar-refractivity contribution is -0.0498. The molecule has 6 heterocycles. The van der Waals surface area contributed by atoms with Gasteiger partial charge in [-0.3, -0.25) is 0 Å². The van der Waals surface area contributed by atoms with Gasteiger partial charge < -0.3 is 53.5 Å². The molecule has 1 radical (unpaired) electrons. The third kappa shape index (κ3) is 10.2. The van der Waals surface area contributed by atoms with Gasteiger partial charge in [0.2, 0.25) is 0 Å². The predicted molar refractivity (Wildman–Crippen MR) is 215 cm³/mol. The molecule has 303 valence electrons. The van der Waals surface area contributed by atoms with Crippen molar-refractivity contribution in [3.05, 3.63) is 0 Å². The standard InChI is InChI=1S/C30H69O13Si9/c1-24(2)17-45-32-46(18-25(3)4)35-49(21-28(9)10)37-47(33-45,19-26(5)6)39-51(23-30(13)14)40-48(34-45,20-27(7)8)38-50(36-46,22-29(11)12)42-52(41-49,43-51)31-44(15)16/h24-30H,17-23H2,1-16H3. The van der Waals surface area contributed by atoms with Crippen LogP contribution in [0.15, 0.2) is 0 Å². The van der Waals surface area contributed by atoms with Crippen molar-refractivity contribution >= 4 is 79.7 Å². The molecule has 0 aliphatic carbocycles. The molecule has 0 N–H and O–H groups in total. The van der Waals surface area contributed by atoms with E-state index >= 15 is 0 Å². The Morgan fingerprint density at radius 3 is 0.596 bits per heavy atom. The fourth-order valence-electron chi connectivity index (χ4n) is 7.89. The summed E-state index contributed by atoms with van der Waals surface area (Å²) in [6, 6.07) is 3.24. The van der Waals surface area contributed by atoms with E-state index in [1.165, 1.54) is 0 Å². The van der Waals surface area contributed by atoms with Crippen LogP contribution in [0.5, 0.6) is 0 Å². The lowest BCUT2D eigenvalue weighted by Gasteiger charge is -2.63. The Morgan fingerprint density at radius 2 is 0.462 bits per heavy atom. The molecule has 6 saturated heterocycles. The van der Waals surface area contributed by atoms with Crippen LogP contribution >= 0.6 is 0 Å². The summed E-state index contributed by atoms with van der Waals surface area (Å²) in [6.07, 6.45) is 0. The molecule has 13 nitrogen and oxygen atoms in total. The largest absolute Gasteiger partial charge is 0.646 e. The van der Waals surface area contributed by atoms with Crippen molar-refractivity contribution in [2.24, 2.45) is 41.4 Å². The molecule has 0 aromatic heterocycles. The van der Waals surface area contributed by atoms with E-state index in [1.54, 1.807) is 0 Å². The molecule has 8 bridgehead atoms. The zero-order valence-corrected chi connectivity index (χ0v) is 43.8. The van der Waals surface area contributed by atoms with Crippen molar-refractivity contribution in [1.82, 2.24) is 0 Å². The summed E-state index contributed by atoms with van der Waals surface area (Å²) in [4.78, 5) is 0. The molecule has 0 spiro atoms. The summed E-state index contributed by atoms with van der Waals surface area (Å²) in [7, 11) is -33.3. The minimum Gasteiger partial charge on any atom is -0.395 e. The highest BCUT2D eigenvalue weighted by atomic mass is 28.6. The molecule has 22 heteroatoms. The number of hydrogen-bond acceptors (Lipinski definition) is 13. The van der Waals surface area contributed by atoms with Gasteiger partial charge in [-0.1, -0.05) is 96.9 Å². The first-order chi connectivity index (χ1) is 23.8. The van der Waals surface area contributed by atoms with Gasteiger partial charge in [0, 0.05) is 42.3 Å². The van der Waals surface area contributed by atoms with Crippen LogP contribution in [0.25, 0.3) is 0 Å². The van der Waals surface area contributed by atoms with Gasteiger partial charge in [-0.05, 0) is 54.5 Å². The average molecular weight is 891 g/mol. The van der Waals surface area contributed by atoms with Gasteiger partial charge in [0.15, 0.2) is 9.04 Å². The summed E-state index contributed by atoms with van der Waals surface area (Å²) in [5.41, 5.74) is 0. The molecular weight excluding hydrogens is 821 g/mol. The van der Waals surface area contributed by atoms with Crippen molar-refractivity contribution in [3.63, 3.8) is 0 Å².